The number of hydrogen-bond donors (Lipinski definition) is 1. The summed E-state index contributed by atoms with van der Waals surface area (Å²) in [4.78, 5) is 17.3. The third-order valence-electron chi connectivity index (χ3n) is 5.48. The van der Waals surface area contributed by atoms with Crippen molar-refractivity contribution in [3.8, 4) is 0 Å². The van der Waals surface area contributed by atoms with Gasteiger partial charge in [0.1, 0.15) is 0 Å². The zero-order valence-electron chi connectivity index (χ0n) is 13.6. The second kappa shape index (κ2) is 6.23. The van der Waals surface area contributed by atoms with Crippen molar-refractivity contribution in [3.63, 3.8) is 0 Å². The van der Waals surface area contributed by atoms with Crippen molar-refractivity contribution in [1.82, 2.24) is 14.6 Å². The first kappa shape index (κ1) is 15.1. The standard InChI is InChI=1S/C17H24N4OS/c1-2-3-14-10-15(22)21-17(19-14)23-16(20-21)18-7-6-13-9-11-4-5-12(13)8-11/h10-13H,2-9H2,1H3,(H,18,20)/t11-,12-,13+/m0/s1. The summed E-state index contributed by atoms with van der Waals surface area (Å²) in [6.07, 6.45) is 8.85. The lowest BCUT2D eigenvalue weighted by molar-refractivity contribution is 0.321. The highest BCUT2D eigenvalue weighted by atomic mass is 32.1. The molecule has 2 aromatic rings. The Balaban J connectivity index is 1.41. The Morgan fingerprint density at radius 2 is 2.30 bits per heavy atom. The SMILES string of the molecule is CCCc1cc(=O)n2nc(NCC[C@@H]3C[C@H]4CC[C@H]3C4)sc2n1. The van der Waals surface area contributed by atoms with Crippen molar-refractivity contribution in [3.05, 3.63) is 22.1 Å². The zero-order chi connectivity index (χ0) is 15.8. The van der Waals surface area contributed by atoms with Crippen LogP contribution in [0.2, 0.25) is 0 Å². The molecular weight excluding hydrogens is 308 g/mol. The first-order valence-electron chi connectivity index (χ1n) is 8.86. The van der Waals surface area contributed by atoms with Crippen LogP contribution in [0.3, 0.4) is 0 Å². The molecule has 23 heavy (non-hydrogen) atoms. The molecule has 0 radical (unpaired) electrons. The maximum Gasteiger partial charge on any atom is 0.275 e. The Labute approximate surface area is 140 Å². The van der Waals surface area contributed by atoms with Gasteiger partial charge in [0.2, 0.25) is 10.1 Å². The molecule has 5 nitrogen and oxygen atoms in total. The van der Waals surface area contributed by atoms with Crippen LogP contribution in [0.5, 0.6) is 0 Å². The van der Waals surface area contributed by atoms with Crippen LogP contribution in [0.1, 0.15) is 51.1 Å². The second-order valence-corrected chi connectivity index (χ2v) is 8.04. The topological polar surface area (TPSA) is 59.3 Å². The van der Waals surface area contributed by atoms with Crippen molar-refractivity contribution in [1.29, 1.82) is 0 Å². The number of hydrogen-bond acceptors (Lipinski definition) is 5. The summed E-state index contributed by atoms with van der Waals surface area (Å²) in [5, 5.41) is 8.59. The van der Waals surface area contributed by atoms with Crippen LogP contribution in [0, 0.1) is 17.8 Å². The van der Waals surface area contributed by atoms with Gasteiger partial charge < -0.3 is 5.32 Å². The first-order valence-corrected chi connectivity index (χ1v) is 9.68. The van der Waals surface area contributed by atoms with Gasteiger partial charge in [-0.3, -0.25) is 4.79 Å². The van der Waals surface area contributed by atoms with Crippen LogP contribution in [0.4, 0.5) is 5.13 Å². The summed E-state index contributed by atoms with van der Waals surface area (Å²) >= 11 is 1.48. The van der Waals surface area contributed by atoms with E-state index in [4.69, 9.17) is 0 Å². The number of nitrogens with zero attached hydrogens (tertiary/aromatic N) is 3. The Morgan fingerprint density at radius 3 is 3.04 bits per heavy atom. The van der Waals surface area contributed by atoms with E-state index in [1.807, 2.05) is 0 Å². The summed E-state index contributed by atoms with van der Waals surface area (Å²) in [5.74, 6) is 2.87. The molecular formula is C17H24N4OS. The van der Waals surface area contributed by atoms with Crippen molar-refractivity contribution in [2.75, 3.05) is 11.9 Å². The van der Waals surface area contributed by atoms with Crippen LogP contribution >= 0.6 is 11.3 Å². The van der Waals surface area contributed by atoms with E-state index in [2.05, 4.69) is 22.3 Å². The molecule has 4 rings (SSSR count). The number of nitrogens with one attached hydrogen (secondary N) is 1. The molecule has 0 aromatic carbocycles. The summed E-state index contributed by atoms with van der Waals surface area (Å²) in [5.41, 5.74) is 0.797. The number of aromatic nitrogens is 3. The molecule has 6 heteroatoms. The fourth-order valence-corrected chi connectivity index (χ4v) is 5.26. The maximum atomic E-state index is 12.1. The molecule has 124 valence electrons. The molecule has 0 unspecified atom stereocenters. The molecule has 0 saturated heterocycles. The van der Waals surface area contributed by atoms with Gasteiger partial charge in [0.05, 0.1) is 0 Å². The molecule has 1 N–H and O–H groups in total. The second-order valence-electron chi connectivity index (χ2n) is 7.09. The summed E-state index contributed by atoms with van der Waals surface area (Å²) < 4.78 is 1.42. The van der Waals surface area contributed by atoms with Gasteiger partial charge in [-0.2, -0.15) is 4.52 Å². The molecule has 0 amide bonds. The van der Waals surface area contributed by atoms with Crippen molar-refractivity contribution in [2.45, 2.75) is 51.9 Å². The predicted octanol–water partition coefficient (Wildman–Crippen LogP) is 3.34. The lowest BCUT2D eigenvalue weighted by Gasteiger charge is -2.21. The normalized spacial score (nSPS) is 26.2. The monoisotopic (exact) mass is 332 g/mol. The lowest BCUT2D eigenvalue weighted by Crippen LogP contribution is -2.16. The number of anilines is 1. The van der Waals surface area contributed by atoms with E-state index in [0.29, 0.717) is 4.96 Å². The van der Waals surface area contributed by atoms with Crippen molar-refractivity contribution >= 4 is 21.4 Å². The Kier molecular flexibility index (Phi) is 4.09. The molecule has 2 fully saturated rings. The third kappa shape index (κ3) is 3.01. The Morgan fingerprint density at radius 1 is 1.39 bits per heavy atom. The molecule has 0 spiro atoms. The minimum Gasteiger partial charge on any atom is -0.360 e. The van der Waals surface area contributed by atoms with E-state index in [9.17, 15) is 4.79 Å². The van der Waals surface area contributed by atoms with Gasteiger partial charge in [0.25, 0.3) is 5.56 Å². The van der Waals surface area contributed by atoms with E-state index in [0.717, 1.165) is 48.0 Å². The van der Waals surface area contributed by atoms with Gasteiger partial charge in [-0.25, -0.2) is 4.98 Å². The van der Waals surface area contributed by atoms with E-state index in [-0.39, 0.29) is 5.56 Å². The van der Waals surface area contributed by atoms with Crippen LogP contribution in [0.15, 0.2) is 10.9 Å². The largest absolute Gasteiger partial charge is 0.360 e. The molecule has 2 aliphatic rings. The van der Waals surface area contributed by atoms with Crippen molar-refractivity contribution < 1.29 is 0 Å². The molecule has 2 bridgehead atoms. The number of aryl methyl sites for hydroxylation is 1. The van der Waals surface area contributed by atoms with Gasteiger partial charge in [-0.05, 0) is 49.9 Å². The molecule has 2 heterocycles. The first-order chi connectivity index (χ1) is 11.2. The smallest absolute Gasteiger partial charge is 0.275 e. The van der Waals surface area contributed by atoms with Crippen LogP contribution < -0.4 is 10.9 Å². The lowest BCUT2D eigenvalue weighted by atomic mass is 9.86. The number of fused-ring (bicyclic) bond motifs is 3. The van der Waals surface area contributed by atoms with E-state index in [1.54, 1.807) is 6.07 Å². The van der Waals surface area contributed by atoms with Gasteiger partial charge in [-0.15, -0.1) is 5.10 Å². The molecule has 2 aliphatic carbocycles. The molecule has 2 aromatic heterocycles. The van der Waals surface area contributed by atoms with E-state index < -0.39 is 0 Å². The molecule has 3 atom stereocenters. The van der Waals surface area contributed by atoms with Crippen LogP contribution in [-0.2, 0) is 6.42 Å². The summed E-state index contributed by atoms with van der Waals surface area (Å²) in [6.45, 7) is 3.04. The van der Waals surface area contributed by atoms with E-state index in [1.165, 1.54) is 48.0 Å². The summed E-state index contributed by atoms with van der Waals surface area (Å²) in [7, 11) is 0. The summed E-state index contributed by atoms with van der Waals surface area (Å²) in [6, 6.07) is 1.61. The Hall–Kier alpha value is -1.43. The molecule has 2 saturated carbocycles. The fraction of sp³-hybridized carbons (Fsp3) is 0.706. The predicted molar refractivity (Wildman–Crippen MR) is 93.2 cm³/mol. The van der Waals surface area contributed by atoms with Gasteiger partial charge in [0, 0.05) is 18.3 Å². The quantitative estimate of drug-likeness (QED) is 0.881. The van der Waals surface area contributed by atoms with Gasteiger partial charge >= 0.3 is 0 Å². The minimum atomic E-state index is -0.0733. The average molecular weight is 332 g/mol. The minimum absolute atomic E-state index is 0.0733. The van der Waals surface area contributed by atoms with Crippen molar-refractivity contribution in [2.24, 2.45) is 17.8 Å². The average Bonchev–Trinajstić information content (AvgIpc) is 3.22. The maximum absolute atomic E-state index is 12.1. The highest BCUT2D eigenvalue weighted by Crippen LogP contribution is 2.49. The third-order valence-corrected chi connectivity index (χ3v) is 6.35. The Bertz CT molecular complexity index is 753. The van der Waals surface area contributed by atoms with Crippen LogP contribution in [0.25, 0.3) is 4.96 Å². The fourth-order valence-electron chi connectivity index (χ4n) is 4.41. The van der Waals surface area contributed by atoms with Crippen LogP contribution in [-0.4, -0.2) is 21.1 Å². The van der Waals surface area contributed by atoms with Gasteiger partial charge in [0.15, 0.2) is 0 Å². The van der Waals surface area contributed by atoms with Gasteiger partial charge in [-0.1, -0.05) is 31.1 Å². The highest BCUT2D eigenvalue weighted by molar-refractivity contribution is 7.20. The van der Waals surface area contributed by atoms with E-state index >= 15 is 0 Å². The zero-order valence-corrected chi connectivity index (χ0v) is 14.4. The number of rotatable bonds is 6. The molecule has 0 aliphatic heterocycles. The highest BCUT2D eigenvalue weighted by Gasteiger charge is 2.38.